The molecule has 0 aliphatic heterocycles. The van der Waals surface area contributed by atoms with E-state index in [1.54, 1.807) is 0 Å². The Balaban J connectivity index is 1.45. The van der Waals surface area contributed by atoms with Crippen molar-refractivity contribution in [2.45, 2.75) is 0 Å². The molecule has 0 spiro atoms. The molecule has 0 atom stereocenters. The van der Waals surface area contributed by atoms with Crippen molar-refractivity contribution in [3.8, 4) is 11.4 Å². The first-order valence-corrected chi connectivity index (χ1v) is 17.1. The molecule has 0 saturated heterocycles. The number of pyridine rings is 1. The van der Waals surface area contributed by atoms with Crippen molar-refractivity contribution in [1.82, 2.24) is 14.1 Å². The smallest absolute Gasteiger partial charge is 0.124 e. The van der Waals surface area contributed by atoms with Crippen LogP contribution in [0.25, 0.3) is 95.5 Å². The SMILES string of the molecule is c1ccc(-n2c3ccccc3c3c2c2sc4ncccc4c2c2c4ccccc4n(-c4ccc5sc6ccccc6c5c4)c23)cc1. The molecule has 5 heterocycles. The molecule has 0 unspecified atom stereocenters. The normalized spacial score (nSPS) is 12.3. The lowest BCUT2D eigenvalue weighted by Gasteiger charge is -2.12. The summed E-state index contributed by atoms with van der Waals surface area (Å²) < 4.78 is 8.91. The standard InChI is InChI=1S/C41H23N3S2/c1-2-11-24(12-3-1)43-32-18-8-5-15-28(32)37-38-35(36-29-16-10-22-42-41(29)46-40(36)39(37)43)27-14-4-7-17-31(27)44(38)25-20-21-34-30(23-25)26-13-6-9-19-33(26)45-34/h1-23H. The van der Waals surface area contributed by atoms with Crippen LogP contribution in [-0.4, -0.2) is 14.1 Å². The van der Waals surface area contributed by atoms with E-state index >= 15 is 0 Å². The summed E-state index contributed by atoms with van der Waals surface area (Å²) in [6.45, 7) is 0. The van der Waals surface area contributed by atoms with E-state index in [1.165, 1.54) is 84.9 Å². The fraction of sp³-hybridized carbons (Fsp3) is 0. The Labute approximate surface area is 270 Å². The van der Waals surface area contributed by atoms with Crippen molar-refractivity contribution in [2.75, 3.05) is 0 Å². The van der Waals surface area contributed by atoms with Gasteiger partial charge in [0.2, 0.25) is 0 Å². The molecule has 214 valence electrons. The highest BCUT2D eigenvalue weighted by Gasteiger charge is 2.27. The van der Waals surface area contributed by atoms with E-state index in [1.807, 2.05) is 28.9 Å². The second kappa shape index (κ2) is 9.04. The minimum Gasteiger partial charge on any atom is -0.308 e. The number of aromatic nitrogens is 3. The Morgan fingerprint density at radius 1 is 0.435 bits per heavy atom. The third-order valence-corrected chi connectivity index (χ3v) is 11.8. The van der Waals surface area contributed by atoms with Gasteiger partial charge in [0.25, 0.3) is 0 Å². The Morgan fingerprint density at radius 2 is 1.09 bits per heavy atom. The minimum atomic E-state index is 1.07. The van der Waals surface area contributed by atoms with Crippen LogP contribution >= 0.6 is 22.7 Å². The van der Waals surface area contributed by atoms with Gasteiger partial charge in [-0.25, -0.2) is 4.98 Å². The van der Waals surface area contributed by atoms with Crippen LogP contribution in [-0.2, 0) is 0 Å². The number of hydrogen-bond acceptors (Lipinski definition) is 3. The zero-order chi connectivity index (χ0) is 29.9. The van der Waals surface area contributed by atoms with Crippen LogP contribution in [0.3, 0.4) is 0 Å². The molecule has 0 aliphatic carbocycles. The van der Waals surface area contributed by atoms with E-state index < -0.39 is 0 Å². The van der Waals surface area contributed by atoms with Crippen LogP contribution in [0.4, 0.5) is 0 Å². The predicted molar refractivity (Wildman–Crippen MR) is 199 cm³/mol. The number of nitrogens with zero attached hydrogens (tertiary/aromatic N) is 3. The molecular weight excluding hydrogens is 599 g/mol. The molecule has 0 saturated carbocycles. The number of rotatable bonds is 2. The molecular formula is C41H23N3S2. The average molecular weight is 622 g/mol. The Hall–Kier alpha value is -5.49. The third kappa shape index (κ3) is 3.13. The fourth-order valence-electron chi connectivity index (χ4n) is 7.74. The van der Waals surface area contributed by atoms with Crippen molar-refractivity contribution in [3.05, 3.63) is 140 Å². The summed E-state index contributed by atoms with van der Waals surface area (Å²) in [5.74, 6) is 0. The highest BCUT2D eigenvalue weighted by molar-refractivity contribution is 7.26. The summed E-state index contributed by atoms with van der Waals surface area (Å²) in [4.78, 5) is 5.96. The van der Waals surface area contributed by atoms with Crippen molar-refractivity contribution < 1.29 is 0 Å². The van der Waals surface area contributed by atoms with Crippen molar-refractivity contribution in [1.29, 1.82) is 0 Å². The van der Waals surface area contributed by atoms with Crippen LogP contribution in [0.2, 0.25) is 0 Å². The maximum Gasteiger partial charge on any atom is 0.124 e. The van der Waals surface area contributed by atoms with Gasteiger partial charge < -0.3 is 9.13 Å². The molecule has 11 rings (SSSR count). The van der Waals surface area contributed by atoms with Gasteiger partial charge >= 0.3 is 0 Å². The van der Waals surface area contributed by atoms with Gasteiger partial charge in [-0.15, -0.1) is 22.7 Å². The number of benzene rings is 6. The second-order valence-electron chi connectivity index (χ2n) is 11.9. The molecule has 0 radical (unpaired) electrons. The van der Waals surface area contributed by atoms with Crippen LogP contribution in [0.15, 0.2) is 140 Å². The second-order valence-corrected chi connectivity index (χ2v) is 14.0. The van der Waals surface area contributed by atoms with Crippen LogP contribution in [0, 0.1) is 0 Å². The van der Waals surface area contributed by atoms with E-state index in [0.717, 1.165) is 10.5 Å². The first-order chi connectivity index (χ1) is 22.8. The van der Waals surface area contributed by atoms with Crippen molar-refractivity contribution >= 4 is 107 Å². The summed E-state index contributed by atoms with van der Waals surface area (Å²) in [5.41, 5.74) is 7.25. The van der Waals surface area contributed by atoms with Gasteiger partial charge in [-0.3, -0.25) is 0 Å². The quantitative estimate of drug-likeness (QED) is 0.188. The molecule has 0 aliphatic rings. The van der Waals surface area contributed by atoms with E-state index in [9.17, 15) is 0 Å². The van der Waals surface area contributed by atoms with E-state index in [0.29, 0.717) is 0 Å². The molecule has 5 aromatic heterocycles. The van der Waals surface area contributed by atoms with Gasteiger partial charge in [-0.05, 0) is 60.7 Å². The highest BCUT2D eigenvalue weighted by Crippen LogP contribution is 2.51. The molecule has 46 heavy (non-hydrogen) atoms. The van der Waals surface area contributed by atoms with Gasteiger partial charge in [-0.1, -0.05) is 72.8 Å². The van der Waals surface area contributed by atoms with Gasteiger partial charge in [0, 0.05) is 70.1 Å². The van der Waals surface area contributed by atoms with Crippen molar-refractivity contribution in [2.24, 2.45) is 0 Å². The zero-order valence-electron chi connectivity index (χ0n) is 24.4. The first-order valence-electron chi connectivity index (χ1n) is 15.5. The molecule has 0 amide bonds. The van der Waals surface area contributed by atoms with Crippen molar-refractivity contribution in [3.63, 3.8) is 0 Å². The first kappa shape index (κ1) is 24.8. The summed E-state index contributed by atoms with van der Waals surface area (Å²) in [6.07, 6.45) is 1.92. The minimum absolute atomic E-state index is 1.07. The van der Waals surface area contributed by atoms with Crippen LogP contribution < -0.4 is 0 Å². The Kier molecular flexibility index (Phi) is 4.87. The molecule has 11 aromatic rings. The topological polar surface area (TPSA) is 22.8 Å². The number of para-hydroxylation sites is 3. The van der Waals surface area contributed by atoms with Gasteiger partial charge in [0.05, 0.1) is 26.8 Å². The molecule has 3 nitrogen and oxygen atoms in total. The lowest BCUT2D eigenvalue weighted by Crippen LogP contribution is -1.95. The lowest BCUT2D eigenvalue weighted by atomic mass is 10.0. The summed E-state index contributed by atoms with van der Waals surface area (Å²) >= 11 is 3.67. The molecule has 0 fully saturated rings. The number of hydrogen-bond donors (Lipinski definition) is 0. The molecule has 0 N–H and O–H groups in total. The number of fused-ring (bicyclic) bond motifs is 15. The summed E-state index contributed by atoms with van der Waals surface area (Å²) in [5, 5.41) is 10.2. The van der Waals surface area contributed by atoms with Crippen LogP contribution in [0.5, 0.6) is 0 Å². The third-order valence-electron chi connectivity index (χ3n) is 9.55. The van der Waals surface area contributed by atoms with E-state index in [-0.39, 0.29) is 0 Å². The van der Waals surface area contributed by atoms with Gasteiger partial charge in [0.1, 0.15) is 4.83 Å². The van der Waals surface area contributed by atoms with Gasteiger partial charge in [-0.2, -0.15) is 0 Å². The predicted octanol–water partition coefficient (Wildman–Crippen LogP) is 12.0. The summed E-state index contributed by atoms with van der Waals surface area (Å²) in [7, 11) is 0. The molecule has 5 heteroatoms. The van der Waals surface area contributed by atoms with Crippen LogP contribution in [0.1, 0.15) is 0 Å². The monoisotopic (exact) mass is 621 g/mol. The zero-order valence-corrected chi connectivity index (χ0v) is 26.1. The van der Waals surface area contributed by atoms with E-state index in [4.69, 9.17) is 4.98 Å². The fourth-order valence-corrected chi connectivity index (χ4v) is 10.0. The van der Waals surface area contributed by atoms with E-state index in [2.05, 4.69) is 143 Å². The average Bonchev–Trinajstić information content (AvgIpc) is 3.86. The lowest BCUT2D eigenvalue weighted by molar-refractivity contribution is 1.18. The largest absolute Gasteiger partial charge is 0.308 e. The maximum atomic E-state index is 4.89. The van der Waals surface area contributed by atoms with Gasteiger partial charge in [0.15, 0.2) is 0 Å². The highest BCUT2D eigenvalue weighted by atomic mass is 32.1. The molecule has 6 aromatic carbocycles. The Morgan fingerprint density at radius 3 is 1.91 bits per heavy atom. The maximum absolute atomic E-state index is 4.89. The number of thiophene rings is 2. The summed E-state index contributed by atoms with van der Waals surface area (Å²) in [6, 6.07) is 48.7. The molecule has 0 bridgehead atoms. The Bertz CT molecular complexity index is 3030.